The molecule has 9 heteroatoms. The van der Waals surface area contributed by atoms with Crippen LogP contribution in [-0.4, -0.2) is 88.7 Å². The van der Waals surface area contributed by atoms with Crippen LogP contribution in [0.5, 0.6) is 0 Å². The molecule has 0 saturated carbocycles. The van der Waals surface area contributed by atoms with E-state index in [0.717, 1.165) is 37.8 Å². The second-order valence-corrected chi connectivity index (χ2v) is 14.6. The Morgan fingerprint density at radius 1 is 0.957 bits per heavy atom. The highest BCUT2D eigenvalue weighted by molar-refractivity contribution is 6.01. The highest BCUT2D eigenvalue weighted by Gasteiger charge is 2.40. The summed E-state index contributed by atoms with van der Waals surface area (Å²) in [5.41, 5.74) is 1.28. The molecule has 2 aliphatic heterocycles. The molecule has 9 nitrogen and oxygen atoms in total. The zero-order chi connectivity index (χ0) is 34.3. The van der Waals surface area contributed by atoms with Gasteiger partial charge in [-0.05, 0) is 88.6 Å². The van der Waals surface area contributed by atoms with Gasteiger partial charge < -0.3 is 20.4 Å². The summed E-state index contributed by atoms with van der Waals surface area (Å²) in [5, 5.41) is 6.04. The number of anilines is 1. The number of rotatable bonds is 10. The van der Waals surface area contributed by atoms with Gasteiger partial charge in [0, 0.05) is 36.5 Å². The van der Waals surface area contributed by atoms with Crippen LogP contribution in [0.2, 0.25) is 0 Å². The molecule has 0 bridgehead atoms. The number of likely N-dealkylation sites (N-methyl/N-ethyl adjacent to an activating group) is 1. The Labute approximate surface area is 276 Å². The van der Waals surface area contributed by atoms with E-state index < -0.39 is 23.5 Å². The molecule has 0 aliphatic carbocycles. The molecule has 0 aromatic heterocycles. The summed E-state index contributed by atoms with van der Waals surface area (Å²) in [5.74, 6) is 1.78. The standard InChI is InChI=1S/C37H55N5O4/c1-11-27-17-19-28(20-18-27)38-33(43)30-16-14-22-42(30)35(45)26(6)23-31(24(2)3)40(10)36(46)32(37(7,8)9)39-34(44)29-15-12-13-21-41(29)25(4)5/h1,17-20,23-25,29-32H,12-16,21-22H2,2-10H3,(H,38,43)(H,39,44)/b26-23+/t29-,30?,31?,32?/m1/s1. The number of benzene rings is 1. The number of carbonyl (C=O) groups is 4. The minimum absolute atomic E-state index is 0.00791. The molecule has 4 atom stereocenters. The molecule has 2 fully saturated rings. The summed E-state index contributed by atoms with van der Waals surface area (Å²) < 4.78 is 0. The predicted octanol–water partition coefficient (Wildman–Crippen LogP) is 4.82. The topological polar surface area (TPSA) is 102 Å². The van der Waals surface area contributed by atoms with Crippen LogP contribution in [0.3, 0.4) is 0 Å². The van der Waals surface area contributed by atoms with Crippen LogP contribution < -0.4 is 10.6 Å². The van der Waals surface area contributed by atoms with Gasteiger partial charge in [-0.15, -0.1) is 6.42 Å². The quantitative estimate of drug-likeness (QED) is 0.284. The van der Waals surface area contributed by atoms with Crippen molar-refractivity contribution in [2.45, 2.75) is 118 Å². The average Bonchev–Trinajstić information content (AvgIpc) is 3.51. The van der Waals surface area contributed by atoms with Crippen molar-refractivity contribution in [1.29, 1.82) is 0 Å². The molecule has 3 unspecified atom stereocenters. The van der Waals surface area contributed by atoms with E-state index in [1.165, 1.54) is 0 Å². The molecule has 4 amide bonds. The van der Waals surface area contributed by atoms with E-state index in [1.54, 1.807) is 48.0 Å². The molecular weight excluding hydrogens is 578 g/mol. The second-order valence-electron chi connectivity index (χ2n) is 14.6. The van der Waals surface area contributed by atoms with Crippen LogP contribution in [0, 0.1) is 23.7 Å². The number of piperidine rings is 1. The highest BCUT2D eigenvalue weighted by Crippen LogP contribution is 2.27. The van der Waals surface area contributed by atoms with Crippen molar-refractivity contribution in [1.82, 2.24) is 20.0 Å². The molecule has 1 aromatic rings. The van der Waals surface area contributed by atoms with Gasteiger partial charge in [-0.25, -0.2) is 0 Å². The van der Waals surface area contributed by atoms with Crippen LogP contribution in [0.15, 0.2) is 35.9 Å². The van der Waals surface area contributed by atoms with Crippen molar-refractivity contribution in [2.75, 3.05) is 25.5 Å². The van der Waals surface area contributed by atoms with Gasteiger partial charge in [-0.2, -0.15) is 0 Å². The monoisotopic (exact) mass is 633 g/mol. The third-order valence-corrected chi connectivity index (χ3v) is 9.28. The van der Waals surface area contributed by atoms with E-state index in [1.807, 2.05) is 40.7 Å². The fourth-order valence-electron chi connectivity index (χ4n) is 6.55. The second kappa shape index (κ2) is 15.8. The third kappa shape index (κ3) is 9.00. The van der Waals surface area contributed by atoms with Gasteiger partial charge in [0.25, 0.3) is 0 Å². The fourth-order valence-corrected chi connectivity index (χ4v) is 6.55. The van der Waals surface area contributed by atoms with E-state index in [9.17, 15) is 19.2 Å². The lowest BCUT2D eigenvalue weighted by Gasteiger charge is -2.41. The maximum absolute atomic E-state index is 14.1. The number of carbonyl (C=O) groups excluding carboxylic acids is 4. The Morgan fingerprint density at radius 2 is 1.59 bits per heavy atom. The van der Waals surface area contributed by atoms with E-state index >= 15 is 0 Å². The molecular formula is C37H55N5O4. The summed E-state index contributed by atoms with van der Waals surface area (Å²) in [6.07, 6.45) is 11.4. The molecule has 2 saturated heterocycles. The van der Waals surface area contributed by atoms with E-state index in [4.69, 9.17) is 6.42 Å². The summed E-state index contributed by atoms with van der Waals surface area (Å²) >= 11 is 0. The summed E-state index contributed by atoms with van der Waals surface area (Å²) in [6.45, 7) is 17.2. The summed E-state index contributed by atoms with van der Waals surface area (Å²) in [7, 11) is 1.74. The minimum atomic E-state index is -0.743. The van der Waals surface area contributed by atoms with Crippen molar-refractivity contribution in [3.05, 3.63) is 41.5 Å². The van der Waals surface area contributed by atoms with Crippen LogP contribution in [-0.2, 0) is 19.2 Å². The molecule has 2 aliphatic rings. The number of hydrogen-bond acceptors (Lipinski definition) is 5. The van der Waals surface area contributed by atoms with Gasteiger partial charge in [-0.1, -0.05) is 53.0 Å². The van der Waals surface area contributed by atoms with Crippen molar-refractivity contribution < 1.29 is 19.2 Å². The van der Waals surface area contributed by atoms with Crippen molar-refractivity contribution in [3.8, 4) is 12.3 Å². The predicted molar refractivity (Wildman–Crippen MR) is 184 cm³/mol. The smallest absolute Gasteiger partial charge is 0.249 e. The van der Waals surface area contributed by atoms with Crippen LogP contribution in [0.25, 0.3) is 0 Å². The normalized spacial score (nSPS) is 20.7. The minimum Gasteiger partial charge on any atom is -0.342 e. The van der Waals surface area contributed by atoms with Gasteiger partial charge in [0.15, 0.2) is 0 Å². The SMILES string of the molecule is C#Cc1ccc(NC(=O)C2CCCN2C(=O)/C(C)=C/C(C(C)C)N(C)C(=O)C(NC(=O)[C@H]2CCCCN2C(C)C)C(C)(C)C)cc1. The molecule has 0 spiro atoms. The Kier molecular flexibility index (Phi) is 12.6. The van der Waals surface area contributed by atoms with E-state index in [2.05, 4.69) is 35.3 Å². The average molecular weight is 634 g/mol. The summed E-state index contributed by atoms with van der Waals surface area (Å²) in [4.78, 5) is 60.2. The number of hydrogen-bond donors (Lipinski definition) is 2. The maximum atomic E-state index is 14.1. The first-order valence-corrected chi connectivity index (χ1v) is 16.8. The zero-order valence-electron chi connectivity index (χ0n) is 29.4. The molecule has 46 heavy (non-hydrogen) atoms. The lowest BCUT2D eigenvalue weighted by Crippen LogP contribution is -2.60. The molecule has 2 heterocycles. The van der Waals surface area contributed by atoms with Gasteiger partial charge >= 0.3 is 0 Å². The number of nitrogens with zero attached hydrogens (tertiary/aromatic N) is 3. The number of amides is 4. The first kappa shape index (κ1) is 36.8. The Balaban J connectivity index is 1.77. The highest BCUT2D eigenvalue weighted by atomic mass is 16.2. The zero-order valence-corrected chi connectivity index (χ0v) is 29.4. The molecule has 1 aromatic carbocycles. The fraction of sp³-hybridized carbons (Fsp3) is 0.622. The largest absolute Gasteiger partial charge is 0.342 e. The molecule has 3 rings (SSSR count). The van der Waals surface area contributed by atoms with Gasteiger partial charge in [-0.3, -0.25) is 24.1 Å². The third-order valence-electron chi connectivity index (χ3n) is 9.28. The Bertz CT molecular complexity index is 1320. The molecule has 0 radical (unpaired) electrons. The Morgan fingerprint density at radius 3 is 2.15 bits per heavy atom. The number of likely N-dealkylation sites (tertiary alicyclic amines) is 2. The lowest BCUT2D eigenvalue weighted by molar-refractivity contribution is -0.142. The van der Waals surface area contributed by atoms with Gasteiger partial charge in [0.1, 0.15) is 12.1 Å². The van der Waals surface area contributed by atoms with Crippen LogP contribution in [0.1, 0.15) is 93.1 Å². The van der Waals surface area contributed by atoms with Crippen molar-refractivity contribution in [3.63, 3.8) is 0 Å². The van der Waals surface area contributed by atoms with E-state index in [-0.39, 0.29) is 41.6 Å². The van der Waals surface area contributed by atoms with Gasteiger partial charge in [0.05, 0.1) is 12.1 Å². The maximum Gasteiger partial charge on any atom is 0.249 e. The Hall–Kier alpha value is -3.64. The number of nitrogens with one attached hydrogen (secondary N) is 2. The summed E-state index contributed by atoms with van der Waals surface area (Å²) in [6, 6.07) is 5.27. The van der Waals surface area contributed by atoms with Crippen molar-refractivity contribution >= 4 is 29.3 Å². The van der Waals surface area contributed by atoms with Gasteiger partial charge in [0.2, 0.25) is 23.6 Å². The number of terminal acetylenes is 1. The first-order valence-electron chi connectivity index (χ1n) is 16.8. The van der Waals surface area contributed by atoms with Crippen molar-refractivity contribution in [2.24, 2.45) is 11.3 Å². The lowest BCUT2D eigenvalue weighted by atomic mass is 9.84. The molecule has 252 valence electrons. The van der Waals surface area contributed by atoms with E-state index in [0.29, 0.717) is 24.2 Å². The first-order chi connectivity index (χ1) is 21.6. The van der Waals surface area contributed by atoms with Crippen LogP contribution in [0.4, 0.5) is 5.69 Å². The van der Waals surface area contributed by atoms with Crippen LogP contribution >= 0.6 is 0 Å². The molecule has 2 N–H and O–H groups in total.